The second-order valence-electron chi connectivity index (χ2n) is 9.06. The van der Waals surface area contributed by atoms with Gasteiger partial charge in [-0.2, -0.15) is 0 Å². The molecule has 1 N–H and O–H groups in total. The van der Waals surface area contributed by atoms with Gasteiger partial charge < -0.3 is 24.3 Å². The van der Waals surface area contributed by atoms with E-state index >= 15 is 0 Å². The van der Waals surface area contributed by atoms with E-state index in [4.69, 9.17) is 18.9 Å². The van der Waals surface area contributed by atoms with Gasteiger partial charge in [0, 0.05) is 22.5 Å². The Labute approximate surface area is 206 Å². The van der Waals surface area contributed by atoms with Crippen LogP contribution < -0.4 is 10.1 Å². The van der Waals surface area contributed by atoms with E-state index in [1.807, 2.05) is 52.0 Å². The highest BCUT2D eigenvalue weighted by molar-refractivity contribution is 6.12. The van der Waals surface area contributed by atoms with Crippen molar-refractivity contribution in [2.45, 2.75) is 53.1 Å². The van der Waals surface area contributed by atoms with Crippen LogP contribution in [0.25, 0.3) is 0 Å². The van der Waals surface area contributed by atoms with Crippen LogP contribution in [0.5, 0.6) is 5.75 Å². The number of benzene rings is 1. The van der Waals surface area contributed by atoms with Gasteiger partial charge in [0.1, 0.15) is 18.3 Å². The first-order valence-electron chi connectivity index (χ1n) is 12.0. The maximum Gasteiger partial charge on any atom is 0.336 e. The summed E-state index contributed by atoms with van der Waals surface area (Å²) in [5, 5.41) is 3.26. The van der Waals surface area contributed by atoms with E-state index in [0.717, 1.165) is 0 Å². The zero-order valence-corrected chi connectivity index (χ0v) is 21.3. The number of para-hydroxylation sites is 1. The second-order valence-corrected chi connectivity index (χ2v) is 9.06. The fourth-order valence-corrected chi connectivity index (χ4v) is 4.76. The standard InChI is InChI=1S/C27H35NO7/c1-7-33-20-11-9-8-10-18(20)23-22(27(31)35-13-12-34-15(2)3)17(5)28-19-14-16(4)21(26(30)32-6)25(29)24(19)23/h8-11,15-16,21,23,28H,7,12-14H2,1-6H3/t16-,21+,23-/m1/s1. The van der Waals surface area contributed by atoms with Crippen LogP contribution in [-0.2, 0) is 28.6 Å². The van der Waals surface area contributed by atoms with E-state index in [2.05, 4.69) is 5.32 Å². The molecule has 3 rings (SSSR count). The minimum atomic E-state index is -0.947. The molecule has 0 amide bonds. The lowest BCUT2D eigenvalue weighted by molar-refractivity contribution is -0.151. The number of allylic oxidation sites excluding steroid dienone is 3. The van der Waals surface area contributed by atoms with Crippen molar-refractivity contribution in [3.63, 3.8) is 0 Å². The maximum atomic E-state index is 13.8. The predicted molar refractivity (Wildman–Crippen MR) is 130 cm³/mol. The lowest BCUT2D eigenvalue weighted by atomic mass is 9.69. The monoisotopic (exact) mass is 485 g/mol. The molecule has 0 spiro atoms. The van der Waals surface area contributed by atoms with Gasteiger partial charge in [-0.25, -0.2) is 4.79 Å². The quantitative estimate of drug-likeness (QED) is 0.321. The number of esters is 2. The van der Waals surface area contributed by atoms with E-state index in [0.29, 0.717) is 46.9 Å². The summed E-state index contributed by atoms with van der Waals surface area (Å²) in [5.41, 5.74) is 2.66. The SMILES string of the molecule is CCOc1ccccc1[C@@H]1C(C(=O)OCCOC(C)C)=C(C)NC2=C1C(=O)[C@@H](C(=O)OC)[C@H](C)C2. The van der Waals surface area contributed by atoms with Crippen LogP contribution in [0.1, 0.15) is 52.5 Å². The first-order chi connectivity index (χ1) is 16.7. The molecular weight excluding hydrogens is 450 g/mol. The average Bonchev–Trinajstić information content (AvgIpc) is 2.81. The molecule has 0 fully saturated rings. The molecule has 0 unspecified atom stereocenters. The zero-order valence-electron chi connectivity index (χ0n) is 21.3. The summed E-state index contributed by atoms with van der Waals surface area (Å²) in [6.45, 7) is 10.1. The number of nitrogens with one attached hydrogen (secondary N) is 1. The van der Waals surface area contributed by atoms with E-state index in [9.17, 15) is 14.4 Å². The van der Waals surface area contributed by atoms with Gasteiger partial charge >= 0.3 is 11.9 Å². The normalized spacial score (nSPS) is 22.0. The molecule has 8 heteroatoms. The Kier molecular flexibility index (Phi) is 8.72. The summed E-state index contributed by atoms with van der Waals surface area (Å²) in [4.78, 5) is 39.7. The molecule has 0 saturated carbocycles. The zero-order chi connectivity index (χ0) is 25.7. The van der Waals surface area contributed by atoms with Gasteiger partial charge in [0.2, 0.25) is 0 Å². The Hall–Kier alpha value is -3.13. The molecule has 0 aromatic heterocycles. The molecule has 1 aromatic rings. The Balaban J connectivity index is 2.09. The summed E-state index contributed by atoms with van der Waals surface area (Å²) in [6, 6.07) is 7.32. The summed E-state index contributed by atoms with van der Waals surface area (Å²) in [6.07, 6.45) is 0.484. The lowest BCUT2D eigenvalue weighted by Gasteiger charge is -2.38. The molecule has 1 heterocycles. The van der Waals surface area contributed by atoms with Crippen molar-refractivity contribution in [1.29, 1.82) is 0 Å². The molecule has 190 valence electrons. The van der Waals surface area contributed by atoms with Crippen LogP contribution in [0.15, 0.2) is 46.8 Å². The number of hydrogen-bond donors (Lipinski definition) is 1. The Morgan fingerprint density at radius 1 is 1.17 bits per heavy atom. The Bertz CT molecular complexity index is 1040. The average molecular weight is 486 g/mol. The minimum absolute atomic E-state index is 0.0154. The third-order valence-corrected chi connectivity index (χ3v) is 6.26. The fourth-order valence-electron chi connectivity index (χ4n) is 4.76. The van der Waals surface area contributed by atoms with Gasteiger partial charge in [-0.1, -0.05) is 25.1 Å². The van der Waals surface area contributed by atoms with Crippen LogP contribution >= 0.6 is 0 Å². The maximum absolute atomic E-state index is 13.8. The summed E-state index contributed by atoms with van der Waals surface area (Å²) in [7, 11) is 1.28. The number of dihydropyridines is 1. The molecule has 8 nitrogen and oxygen atoms in total. The van der Waals surface area contributed by atoms with Gasteiger partial charge in [-0.05, 0) is 46.1 Å². The third-order valence-electron chi connectivity index (χ3n) is 6.26. The van der Waals surface area contributed by atoms with Crippen molar-refractivity contribution in [3.8, 4) is 5.75 Å². The summed E-state index contributed by atoms with van der Waals surface area (Å²) >= 11 is 0. The molecule has 0 saturated heterocycles. The smallest absolute Gasteiger partial charge is 0.336 e. The second kappa shape index (κ2) is 11.5. The van der Waals surface area contributed by atoms with E-state index in [-0.39, 0.29) is 31.0 Å². The van der Waals surface area contributed by atoms with Gasteiger partial charge in [0.25, 0.3) is 0 Å². The third kappa shape index (κ3) is 5.59. The summed E-state index contributed by atoms with van der Waals surface area (Å²) in [5.74, 6) is -2.86. The largest absolute Gasteiger partial charge is 0.494 e. The number of ketones is 1. The Morgan fingerprint density at radius 2 is 1.89 bits per heavy atom. The molecule has 35 heavy (non-hydrogen) atoms. The molecule has 1 aromatic carbocycles. The first-order valence-corrected chi connectivity index (χ1v) is 12.0. The van der Waals surface area contributed by atoms with Gasteiger partial charge in [-0.3, -0.25) is 9.59 Å². The van der Waals surface area contributed by atoms with Crippen LogP contribution in [-0.4, -0.2) is 50.8 Å². The first kappa shape index (κ1) is 26.5. The van der Waals surface area contributed by atoms with Crippen molar-refractivity contribution < 1.29 is 33.3 Å². The number of Topliss-reactive ketones (excluding diaryl/α,β-unsaturated/α-hetero) is 1. The van der Waals surface area contributed by atoms with Gasteiger partial charge in [0.05, 0.1) is 37.9 Å². The Morgan fingerprint density at radius 3 is 2.54 bits per heavy atom. The van der Waals surface area contributed by atoms with E-state index in [1.54, 1.807) is 6.92 Å². The summed E-state index contributed by atoms with van der Waals surface area (Å²) < 4.78 is 21.9. The van der Waals surface area contributed by atoms with Crippen LogP contribution in [0.3, 0.4) is 0 Å². The number of hydrogen-bond acceptors (Lipinski definition) is 8. The van der Waals surface area contributed by atoms with Crippen LogP contribution in [0.2, 0.25) is 0 Å². The van der Waals surface area contributed by atoms with Crippen LogP contribution in [0, 0.1) is 11.8 Å². The number of rotatable bonds is 9. The number of methoxy groups -OCH3 is 1. The molecule has 2 aliphatic rings. The number of carbonyl (C=O) groups excluding carboxylic acids is 3. The van der Waals surface area contributed by atoms with Crippen molar-refractivity contribution >= 4 is 17.7 Å². The molecule has 1 aliphatic heterocycles. The lowest BCUT2D eigenvalue weighted by Crippen LogP contribution is -2.43. The molecule has 1 aliphatic carbocycles. The highest BCUT2D eigenvalue weighted by Crippen LogP contribution is 2.47. The fraction of sp³-hybridized carbons (Fsp3) is 0.519. The van der Waals surface area contributed by atoms with Gasteiger partial charge in [0.15, 0.2) is 5.78 Å². The molecular formula is C27H35NO7. The highest BCUT2D eigenvalue weighted by Gasteiger charge is 2.47. The number of carbonyl (C=O) groups is 3. The minimum Gasteiger partial charge on any atom is -0.494 e. The topological polar surface area (TPSA) is 100 Å². The van der Waals surface area contributed by atoms with Crippen molar-refractivity contribution in [2.75, 3.05) is 26.9 Å². The molecule has 0 bridgehead atoms. The van der Waals surface area contributed by atoms with Crippen LogP contribution in [0.4, 0.5) is 0 Å². The van der Waals surface area contributed by atoms with E-state index < -0.39 is 23.8 Å². The van der Waals surface area contributed by atoms with Crippen molar-refractivity contribution in [3.05, 3.63) is 52.4 Å². The molecule has 0 radical (unpaired) electrons. The van der Waals surface area contributed by atoms with E-state index in [1.165, 1.54) is 7.11 Å². The van der Waals surface area contributed by atoms with Crippen molar-refractivity contribution in [2.24, 2.45) is 11.8 Å². The predicted octanol–water partition coefficient (Wildman–Crippen LogP) is 3.67. The van der Waals surface area contributed by atoms with Crippen molar-refractivity contribution in [1.82, 2.24) is 5.32 Å². The number of ether oxygens (including phenoxy) is 4. The highest BCUT2D eigenvalue weighted by atomic mass is 16.6. The molecule has 3 atom stereocenters. The van der Waals surface area contributed by atoms with Gasteiger partial charge in [-0.15, -0.1) is 0 Å².